The van der Waals surface area contributed by atoms with Gasteiger partial charge in [0.15, 0.2) is 0 Å². The first-order valence-electron chi connectivity index (χ1n) is 7.50. The van der Waals surface area contributed by atoms with Gasteiger partial charge < -0.3 is 4.74 Å². The molecule has 1 saturated heterocycles. The van der Waals surface area contributed by atoms with Crippen LogP contribution < -0.4 is 11.3 Å². The summed E-state index contributed by atoms with van der Waals surface area (Å²) in [6.07, 6.45) is 7.26. The third-order valence-electron chi connectivity index (χ3n) is 3.87. The first kappa shape index (κ1) is 14.5. The van der Waals surface area contributed by atoms with Crippen molar-refractivity contribution in [2.75, 3.05) is 6.61 Å². The van der Waals surface area contributed by atoms with Crippen LogP contribution in [0.25, 0.3) is 0 Å². The van der Waals surface area contributed by atoms with Crippen molar-refractivity contribution in [3.05, 3.63) is 35.4 Å². The summed E-state index contributed by atoms with van der Waals surface area (Å²) in [6, 6.07) is 8.95. The quantitative estimate of drug-likeness (QED) is 0.612. The van der Waals surface area contributed by atoms with Gasteiger partial charge in [0.1, 0.15) is 0 Å². The number of rotatable bonds is 6. The molecule has 3 nitrogen and oxygen atoms in total. The molecular formula is C16H26N2O. The van der Waals surface area contributed by atoms with E-state index >= 15 is 0 Å². The summed E-state index contributed by atoms with van der Waals surface area (Å²) >= 11 is 0. The number of hydrogen-bond acceptors (Lipinski definition) is 3. The van der Waals surface area contributed by atoms with Crippen LogP contribution in [0.3, 0.4) is 0 Å². The minimum absolute atomic E-state index is 0.194. The van der Waals surface area contributed by atoms with Crippen molar-refractivity contribution in [1.82, 2.24) is 5.43 Å². The molecule has 3 heteroatoms. The van der Waals surface area contributed by atoms with Gasteiger partial charge in [-0.3, -0.25) is 11.3 Å². The maximum absolute atomic E-state index is 5.81. The van der Waals surface area contributed by atoms with E-state index in [2.05, 4.69) is 36.6 Å². The molecule has 1 fully saturated rings. The highest BCUT2D eigenvalue weighted by Gasteiger charge is 2.20. The van der Waals surface area contributed by atoms with E-state index in [1.807, 2.05) is 0 Å². The zero-order valence-corrected chi connectivity index (χ0v) is 11.9. The Labute approximate surface area is 116 Å². The fourth-order valence-electron chi connectivity index (χ4n) is 2.81. The Balaban J connectivity index is 2.01. The van der Waals surface area contributed by atoms with Gasteiger partial charge >= 0.3 is 0 Å². The molecule has 0 amide bonds. The Morgan fingerprint density at radius 1 is 1.42 bits per heavy atom. The van der Waals surface area contributed by atoms with Crippen LogP contribution in [0.4, 0.5) is 0 Å². The van der Waals surface area contributed by atoms with Gasteiger partial charge in [-0.2, -0.15) is 0 Å². The number of hydrazine groups is 1. The first-order valence-corrected chi connectivity index (χ1v) is 7.50. The summed E-state index contributed by atoms with van der Waals surface area (Å²) in [6.45, 7) is 3.11. The number of nitrogens with one attached hydrogen (secondary N) is 1. The maximum atomic E-state index is 5.81. The summed E-state index contributed by atoms with van der Waals surface area (Å²) in [5, 5.41) is 0. The lowest BCUT2D eigenvalue weighted by Gasteiger charge is -2.27. The predicted octanol–water partition coefficient (Wildman–Crippen LogP) is 3.10. The van der Waals surface area contributed by atoms with Crippen molar-refractivity contribution >= 4 is 0 Å². The van der Waals surface area contributed by atoms with Gasteiger partial charge in [-0.15, -0.1) is 0 Å². The standard InChI is InChI=1S/C16H26N2O/c1-2-6-13-7-5-8-14(11-13)16(18-17)12-15-9-3-4-10-19-15/h5,7-8,11,15-16,18H,2-4,6,9-10,12,17H2,1H3. The Hall–Kier alpha value is -0.900. The van der Waals surface area contributed by atoms with E-state index in [4.69, 9.17) is 10.6 Å². The Morgan fingerprint density at radius 2 is 2.32 bits per heavy atom. The summed E-state index contributed by atoms with van der Waals surface area (Å²) < 4.78 is 5.81. The number of aryl methyl sites for hydroxylation is 1. The molecule has 0 aliphatic carbocycles. The molecule has 1 aliphatic heterocycles. The summed E-state index contributed by atoms with van der Waals surface area (Å²) in [7, 11) is 0. The van der Waals surface area contributed by atoms with Gasteiger partial charge in [0.25, 0.3) is 0 Å². The highest BCUT2D eigenvalue weighted by atomic mass is 16.5. The molecule has 19 heavy (non-hydrogen) atoms. The molecule has 0 radical (unpaired) electrons. The van der Waals surface area contributed by atoms with E-state index in [1.165, 1.54) is 30.4 Å². The fraction of sp³-hybridized carbons (Fsp3) is 0.625. The van der Waals surface area contributed by atoms with Crippen molar-refractivity contribution in [2.45, 2.75) is 57.6 Å². The van der Waals surface area contributed by atoms with Crippen LogP contribution in [-0.2, 0) is 11.2 Å². The van der Waals surface area contributed by atoms with Gasteiger partial charge in [0, 0.05) is 12.6 Å². The molecule has 106 valence electrons. The van der Waals surface area contributed by atoms with Crippen molar-refractivity contribution < 1.29 is 4.74 Å². The number of ether oxygens (including phenoxy) is 1. The Bertz CT molecular complexity index is 375. The predicted molar refractivity (Wildman–Crippen MR) is 78.7 cm³/mol. The van der Waals surface area contributed by atoms with Crippen molar-refractivity contribution in [3.63, 3.8) is 0 Å². The fourth-order valence-corrected chi connectivity index (χ4v) is 2.81. The van der Waals surface area contributed by atoms with Gasteiger partial charge in [-0.1, -0.05) is 37.6 Å². The number of hydrogen-bond donors (Lipinski definition) is 2. The van der Waals surface area contributed by atoms with E-state index in [9.17, 15) is 0 Å². The third-order valence-corrected chi connectivity index (χ3v) is 3.87. The topological polar surface area (TPSA) is 47.3 Å². The monoisotopic (exact) mass is 262 g/mol. The van der Waals surface area contributed by atoms with Gasteiger partial charge in [0.05, 0.1) is 6.10 Å². The van der Waals surface area contributed by atoms with Crippen molar-refractivity contribution in [1.29, 1.82) is 0 Å². The van der Waals surface area contributed by atoms with Crippen LogP contribution in [-0.4, -0.2) is 12.7 Å². The zero-order valence-electron chi connectivity index (χ0n) is 11.9. The summed E-state index contributed by atoms with van der Waals surface area (Å²) in [5.74, 6) is 5.74. The van der Waals surface area contributed by atoms with Crippen LogP contribution in [0.1, 0.15) is 56.2 Å². The minimum Gasteiger partial charge on any atom is -0.378 e. The second-order valence-electron chi connectivity index (χ2n) is 5.44. The SMILES string of the molecule is CCCc1cccc(C(CC2CCCCO2)NN)c1. The van der Waals surface area contributed by atoms with Gasteiger partial charge in [-0.05, 0) is 43.2 Å². The van der Waals surface area contributed by atoms with Crippen molar-refractivity contribution in [2.24, 2.45) is 5.84 Å². The molecule has 0 aromatic heterocycles. The second-order valence-corrected chi connectivity index (χ2v) is 5.44. The van der Waals surface area contributed by atoms with E-state index in [1.54, 1.807) is 0 Å². The molecule has 3 N–H and O–H groups in total. The summed E-state index contributed by atoms with van der Waals surface area (Å²) in [5.41, 5.74) is 5.63. The van der Waals surface area contributed by atoms with Crippen LogP contribution in [0, 0.1) is 0 Å². The number of benzene rings is 1. The second kappa shape index (κ2) is 7.63. The average molecular weight is 262 g/mol. The molecule has 1 heterocycles. The molecule has 1 aliphatic rings. The molecule has 2 rings (SSSR count). The third kappa shape index (κ3) is 4.30. The smallest absolute Gasteiger partial charge is 0.0593 e. The highest BCUT2D eigenvalue weighted by Crippen LogP contribution is 2.25. The first-order chi connectivity index (χ1) is 9.33. The summed E-state index contributed by atoms with van der Waals surface area (Å²) in [4.78, 5) is 0. The lowest BCUT2D eigenvalue weighted by atomic mass is 9.95. The minimum atomic E-state index is 0.194. The van der Waals surface area contributed by atoms with Gasteiger partial charge in [-0.25, -0.2) is 0 Å². The molecule has 2 unspecified atom stereocenters. The van der Waals surface area contributed by atoms with Crippen LogP contribution in [0.2, 0.25) is 0 Å². The van der Waals surface area contributed by atoms with E-state index in [-0.39, 0.29) is 6.04 Å². The van der Waals surface area contributed by atoms with Gasteiger partial charge in [0.2, 0.25) is 0 Å². The largest absolute Gasteiger partial charge is 0.378 e. The van der Waals surface area contributed by atoms with E-state index < -0.39 is 0 Å². The van der Waals surface area contributed by atoms with Crippen LogP contribution >= 0.6 is 0 Å². The molecular weight excluding hydrogens is 236 g/mol. The van der Waals surface area contributed by atoms with Crippen LogP contribution in [0.15, 0.2) is 24.3 Å². The molecule has 1 aromatic rings. The maximum Gasteiger partial charge on any atom is 0.0593 e. The lowest BCUT2D eigenvalue weighted by molar-refractivity contribution is 0.00502. The zero-order chi connectivity index (χ0) is 13.5. The van der Waals surface area contributed by atoms with E-state index in [0.717, 1.165) is 25.9 Å². The normalized spacial score (nSPS) is 21.3. The van der Waals surface area contributed by atoms with E-state index in [0.29, 0.717) is 6.10 Å². The molecule has 0 bridgehead atoms. The van der Waals surface area contributed by atoms with Crippen molar-refractivity contribution in [3.8, 4) is 0 Å². The molecule has 1 aromatic carbocycles. The lowest BCUT2D eigenvalue weighted by Crippen LogP contribution is -2.32. The molecule has 0 saturated carbocycles. The Morgan fingerprint density at radius 3 is 3.00 bits per heavy atom. The number of nitrogens with two attached hydrogens (primary N) is 1. The highest BCUT2D eigenvalue weighted by molar-refractivity contribution is 5.26. The molecule has 0 spiro atoms. The average Bonchev–Trinajstić information content (AvgIpc) is 2.46. The van der Waals surface area contributed by atoms with Crippen LogP contribution in [0.5, 0.6) is 0 Å². The Kier molecular flexibility index (Phi) is 5.83. The molecule has 2 atom stereocenters.